The molecular weight excluding hydrogens is 272 g/mol. The van der Waals surface area contributed by atoms with Gasteiger partial charge in [-0.05, 0) is 23.8 Å². The van der Waals surface area contributed by atoms with Crippen LogP contribution in [0, 0.1) is 23.3 Å². The molecule has 0 saturated heterocycles. The third-order valence-electron chi connectivity index (χ3n) is 2.97. The minimum Gasteiger partial charge on any atom is -0.392 e. The third-order valence-corrected chi connectivity index (χ3v) is 2.97. The summed E-state index contributed by atoms with van der Waals surface area (Å²) in [5, 5.41) is 9.80. The zero-order valence-corrected chi connectivity index (χ0v) is 10.4. The number of rotatable bonds is 4. The fourth-order valence-electron chi connectivity index (χ4n) is 1.98. The van der Waals surface area contributed by atoms with E-state index in [2.05, 4.69) is 0 Å². The van der Waals surface area contributed by atoms with Crippen molar-refractivity contribution < 1.29 is 22.7 Å². The summed E-state index contributed by atoms with van der Waals surface area (Å²) < 4.78 is 53.0. The molecule has 1 unspecified atom stereocenters. The fourth-order valence-corrected chi connectivity index (χ4v) is 1.98. The zero-order valence-electron chi connectivity index (χ0n) is 10.4. The van der Waals surface area contributed by atoms with E-state index >= 15 is 0 Å². The van der Waals surface area contributed by atoms with Gasteiger partial charge in [-0.2, -0.15) is 0 Å². The Morgan fingerprint density at radius 1 is 0.850 bits per heavy atom. The molecule has 1 atom stereocenters. The lowest BCUT2D eigenvalue weighted by Gasteiger charge is -2.12. The van der Waals surface area contributed by atoms with Gasteiger partial charge in [0.1, 0.15) is 23.3 Å². The van der Waals surface area contributed by atoms with Crippen molar-refractivity contribution in [3.63, 3.8) is 0 Å². The summed E-state index contributed by atoms with van der Waals surface area (Å²) in [6, 6.07) is 6.36. The zero-order chi connectivity index (χ0) is 14.7. The molecule has 0 heterocycles. The largest absolute Gasteiger partial charge is 0.392 e. The van der Waals surface area contributed by atoms with Crippen LogP contribution in [0.2, 0.25) is 0 Å². The van der Waals surface area contributed by atoms with Crippen molar-refractivity contribution in [2.24, 2.45) is 0 Å². The van der Waals surface area contributed by atoms with E-state index in [1.165, 1.54) is 12.1 Å². The lowest BCUT2D eigenvalue weighted by Crippen LogP contribution is -2.16. The van der Waals surface area contributed by atoms with E-state index in [1.54, 1.807) is 0 Å². The van der Waals surface area contributed by atoms with Gasteiger partial charge in [0.15, 0.2) is 0 Å². The number of benzene rings is 2. The first-order valence-electron chi connectivity index (χ1n) is 6.02. The SMILES string of the molecule is OC(Cc1ccc(F)cc1F)Cc1c(F)cccc1F. The standard InChI is InChI=1S/C15H12F4O/c16-10-5-4-9(15(19)7-10)6-11(20)8-12-13(17)2-1-3-14(12)18/h1-5,7,11,20H,6,8H2. The summed E-state index contributed by atoms with van der Waals surface area (Å²) in [5.41, 5.74) is -0.154. The number of aliphatic hydroxyl groups is 1. The minimum absolute atomic E-state index is 0.0932. The van der Waals surface area contributed by atoms with Crippen molar-refractivity contribution in [1.82, 2.24) is 0 Å². The maximum Gasteiger partial charge on any atom is 0.129 e. The summed E-state index contributed by atoms with van der Waals surface area (Å²) in [4.78, 5) is 0. The van der Waals surface area contributed by atoms with Gasteiger partial charge < -0.3 is 5.11 Å². The molecule has 0 aliphatic rings. The molecule has 1 nitrogen and oxygen atoms in total. The predicted molar refractivity (Wildman–Crippen MR) is 66.1 cm³/mol. The van der Waals surface area contributed by atoms with Crippen molar-refractivity contribution in [1.29, 1.82) is 0 Å². The second-order valence-corrected chi connectivity index (χ2v) is 4.50. The Bertz CT molecular complexity index is 593. The molecule has 0 saturated carbocycles. The molecule has 2 rings (SSSR count). The summed E-state index contributed by atoms with van der Waals surface area (Å²) in [7, 11) is 0. The summed E-state index contributed by atoms with van der Waals surface area (Å²) in [5.74, 6) is -3.04. The van der Waals surface area contributed by atoms with E-state index in [0.29, 0.717) is 6.07 Å². The van der Waals surface area contributed by atoms with Crippen LogP contribution < -0.4 is 0 Å². The molecule has 0 aromatic heterocycles. The van der Waals surface area contributed by atoms with E-state index in [-0.39, 0.29) is 24.0 Å². The highest BCUT2D eigenvalue weighted by Crippen LogP contribution is 2.17. The molecule has 2 aromatic rings. The molecule has 0 fully saturated rings. The molecule has 0 amide bonds. The van der Waals surface area contributed by atoms with Gasteiger partial charge in [0.05, 0.1) is 6.10 Å². The van der Waals surface area contributed by atoms with E-state index in [1.807, 2.05) is 0 Å². The fraction of sp³-hybridized carbons (Fsp3) is 0.200. The normalized spacial score (nSPS) is 12.4. The van der Waals surface area contributed by atoms with E-state index in [4.69, 9.17) is 0 Å². The second kappa shape index (κ2) is 6.05. The molecule has 1 N–H and O–H groups in total. The molecule has 2 aromatic carbocycles. The van der Waals surface area contributed by atoms with Gasteiger partial charge >= 0.3 is 0 Å². The molecule has 0 aliphatic carbocycles. The first-order valence-corrected chi connectivity index (χ1v) is 6.02. The Balaban J connectivity index is 2.11. The lowest BCUT2D eigenvalue weighted by atomic mass is 10.0. The average Bonchev–Trinajstić information content (AvgIpc) is 2.37. The minimum atomic E-state index is -1.17. The summed E-state index contributed by atoms with van der Waals surface area (Å²) >= 11 is 0. The molecule has 0 aliphatic heterocycles. The lowest BCUT2D eigenvalue weighted by molar-refractivity contribution is 0.171. The van der Waals surface area contributed by atoms with Gasteiger partial charge in [-0.25, -0.2) is 17.6 Å². The maximum absolute atomic E-state index is 13.4. The van der Waals surface area contributed by atoms with E-state index in [0.717, 1.165) is 18.2 Å². The second-order valence-electron chi connectivity index (χ2n) is 4.50. The maximum atomic E-state index is 13.4. The molecular formula is C15H12F4O. The van der Waals surface area contributed by atoms with Crippen LogP contribution in [0.1, 0.15) is 11.1 Å². The van der Waals surface area contributed by atoms with Crippen molar-refractivity contribution >= 4 is 0 Å². The first kappa shape index (κ1) is 14.5. The van der Waals surface area contributed by atoms with Crippen LogP contribution in [-0.4, -0.2) is 11.2 Å². The van der Waals surface area contributed by atoms with Crippen molar-refractivity contribution in [3.05, 3.63) is 70.8 Å². The topological polar surface area (TPSA) is 20.2 Å². The monoisotopic (exact) mass is 284 g/mol. The number of hydrogen-bond acceptors (Lipinski definition) is 1. The quantitative estimate of drug-likeness (QED) is 0.853. The number of hydrogen-bond donors (Lipinski definition) is 1. The Labute approximate surface area is 113 Å². The number of aliphatic hydroxyl groups excluding tert-OH is 1. The Morgan fingerprint density at radius 2 is 1.50 bits per heavy atom. The predicted octanol–water partition coefficient (Wildman–Crippen LogP) is 3.39. The Morgan fingerprint density at radius 3 is 2.10 bits per heavy atom. The highest BCUT2D eigenvalue weighted by Gasteiger charge is 2.16. The van der Waals surface area contributed by atoms with Crippen molar-refractivity contribution in [2.45, 2.75) is 18.9 Å². The highest BCUT2D eigenvalue weighted by atomic mass is 19.1. The van der Waals surface area contributed by atoms with Crippen LogP contribution >= 0.6 is 0 Å². The molecule has 0 spiro atoms. The van der Waals surface area contributed by atoms with Gasteiger partial charge in [-0.15, -0.1) is 0 Å². The van der Waals surface area contributed by atoms with Gasteiger partial charge in [0.2, 0.25) is 0 Å². The van der Waals surface area contributed by atoms with Crippen LogP contribution in [0.5, 0.6) is 0 Å². The van der Waals surface area contributed by atoms with Gasteiger partial charge in [0.25, 0.3) is 0 Å². The molecule has 0 bridgehead atoms. The van der Waals surface area contributed by atoms with E-state index < -0.39 is 29.4 Å². The van der Waals surface area contributed by atoms with Crippen LogP contribution in [0.4, 0.5) is 17.6 Å². The van der Waals surface area contributed by atoms with Gasteiger partial charge in [-0.1, -0.05) is 12.1 Å². The Hall–Kier alpha value is -1.88. The smallest absolute Gasteiger partial charge is 0.129 e. The highest BCUT2D eigenvalue weighted by molar-refractivity contribution is 5.23. The molecule has 5 heteroatoms. The molecule has 0 radical (unpaired) electrons. The molecule has 106 valence electrons. The van der Waals surface area contributed by atoms with Crippen LogP contribution in [-0.2, 0) is 12.8 Å². The third kappa shape index (κ3) is 3.36. The van der Waals surface area contributed by atoms with Gasteiger partial charge in [-0.3, -0.25) is 0 Å². The summed E-state index contributed by atoms with van der Waals surface area (Å²) in [6.07, 6.45) is -1.60. The Kier molecular flexibility index (Phi) is 4.39. The van der Waals surface area contributed by atoms with Crippen LogP contribution in [0.15, 0.2) is 36.4 Å². The van der Waals surface area contributed by atoms with Crippen LogP contribution in [0.25, 0.3) is 0 Å². The van der Waals surface area contributed by atoms with Gasteiger partial charge in [0, 0.05) is 24.5 Å². The van der Waals surface area contributed by atoms with Crippen molar-refractivity contribution in [3.8, 4) is 0 Å². The molecule has 20 heavy (non-hydrogen) atoms. The van der Waals surface area contributed by atoms with Crippen LogP contribution in [0.3, 0.4) is 0 Å². The van der Waals surface area contributed by atoms with E-state index in [9.17, 15) is 22.7 Å². The summed E-state index contributed by atoms with van der Waals surface area (Å²) in [6.45, 7) is 0. The average molecular weight is 284 g/mol. The number of halogens is 4. The van der Waals surface area contributed by atoms with Crippen molar-refractivity contribution in [2.75, 3.05) is 0 Å². The first-order chi connectivity index (χ1) is 9.47.